The summed E-state index contributed by atoms with van der Waals surface area (Å²) in [5.74, 6) is 0. The third kappa shape index (κ3) is 8.25. The maximum Gasteiger partial charge on any atom is 0.0991 e. The van der Waals surface area contributed by atoms with Gasteiger partial charge < -0.3 is 15.5 Å². The highest BCUT2D eigenvalue weighted by molar-refractivity contribution is 6.30. The van der Waals surface area contributed by atoms with Crippen LogP contribution in [0, 0.1) is 11.3 Å². The van der Waals surface area contributed by atoms with Crippen molar-refractivity contribution in [2.45, 2.75) is 25.9 Å². The highest BCUT2D eigenvalue weighted by atomic mass is 35.5. The number of nitrogens with two attached hydrogens (primary N) is 1. The summed E-state index contributed by atoms with van der Waals surface area (Å²) in [5, 5.41) is 9.81. The zero-order valence-corrected chi connectivity index (χ0v) is 19.1. The van der Waals surface area contributed by atoms with Gasteiger partial charge in [-0.3, -0.25) is 4.90 Å². The first-order valence-electron chi connectivity index (χ1n) is 11.3. The van der Waals surface area contributed by atoms with Crippen LogP contribution in [0.25, 0.3) is 0 Å². The molecule has 31 heavy (non-hydrogen) atoms. The van der Waals surface area contributed by atoms with E-state index in [0.29, 0.717) is 5.56 Å². The highest BCUT2D eigenvalue weighted by Crippen LogP contribution is 2.15. The van der Waals surface area contributed by atoms with E-state index in [-0.39, 0.29) is 0 Å². The van der Waals surface area contributed by atoms with Gasteiger partial charge in [-0.25, -0.2) is 0 Å². The SMILES string of the molecule is N#Cc1ccc(CN(CCCN2CCN(CCCN)CC2)Cc2ccc(Cl)cc2)cc1. The van der Waals surface area contributed by atoms with Crippen LogP contribution in [0.3, 0.4) is 0 Å². The normalized spacial score (nSPS) is 15.3. The molecule has 0 unspecified atom stereocenters. The number of piperazine rings is 1. The summed E-state index contributed by atoms with van der Waals surface area (Å²) in [4.78, 5) is 7.60. The van der Waals surface area contributed by atoms with Crippen molar-refractivity contribution < 1.29 is 0 Å². The lowest BCUT2D eigenvalue weighted by Crippen LogP contribution is -2.47. The first-order chi connectivity index (χ1) is 15.2. The quantitative estimate of drug-likeness (QED) is 0.580. The van der Waals surface area contributed by atoms with Crippen molar-refractivity contribution in [1.29, 1.82) is 5.26 Å². The van der Waals surface area contributed by atoms with Gasteiger partial charge in [-0.2, -0.15) is 5.26 Å². The molecule has 1 heterocycles. The molecule has 1 aliphatic heterocycles. The summed E-state index contributed by atoms with van der Waals surface area (Å²) < 4.78 is 0. The van der Waals surface area contributed by atoms with Gasteiger partial charge in [-0.05, 0) is 67.9 Å². The fraction of sp³-hybridized carbons (Fsp3) is 0.480. The van der Waals surface area contributed by atoms with Crippen molar-refractivity contribution in [1.82, 2.24) is 14.7 Å². The minimum Gasteiger partial charge on any atom is -0.330 e. The Bertz CT molecular complexity index is 807. The lowest BCUT2D eigenvalue weighted by molar-refractivity contribution is 0.125. The highest BCUT2D eigenvalue weighted by Gasteiger charge is 2.16. The smallest absolute Gasteiger partial charge is 0.0991 e. The van der Waals surface area contributed by atoms with Crippen LogP contribution in [-0.4, -0.2) is 67.1 Å². The van der Waals surface area contributed by atoms with E-state index in [1.54, 1.807) is 0 Å². The van der Waals surface area contributed by atoms with Gasteiger partial charge in [-0.15, -0.1) is 0 Å². The monoisotopic (exact) mass is 439 g/mol. The fourth-order valence-corrected chi connectivity index (χ4v) is 4.20. The van der Waals surface area contributed by atoms with Crippen molar-refractivity contribution in [2.24, 2.45) is 5.73 Å². The summed E-state index contributed by atoms with van der Waals surface area (Å²) in [6, 6.07) is 18.3. The molecular formula is C25H34ClN5. The summed E-state index contributed by atoms with van der Waals surface area (Å²) in [5.41, 5.74) is 8.85. The van der Waals surface area contributed by atoms with Crippen molar-refractivity contribution in [3.8, 4) is 6.07 Å². The number of benzene rings is 2. The first kappa shape index (κ1) is 23.7. The van der Waals surface area contributed by atoms with E-state index >= 15 is 0 Å². The maximum absolute atomic E-state index is 9.04. The van der Waals surface area contributed by atoms with Crippen LogP contribution in [0.1, 0.15) is 29.5 Å². The van der Waals surface area contributed by atoms with Crippen LogP contribution in [0.15, 0.2) is 48.5 Å². The lowest BCUT2D eigenvalue weighted by Gasteiger charge is -2.35. The standard InChI is InChI=1S/C25H34ClN5/c26-25-9-7-24(8-10-25)21-31(20-23-5-3-22(19-28)4-6-23)14-2-13-30-17-15-29(16-18-30)12-1-11-27/h3-10H,1-2,11-18,20-21,27H2. The van der Waals surface area contributed by atoms with Gasteiger partial charge in [0.1, 0.15) is 0 Å². The molecule has 3 rings (SSSR count). The van der Waals surface area contributed by atoms with E-state index < -0.39 is 0 Å². The Morgan fingerprint density at radius 1 is 0.839 bits per heavy atom. The Labute approximate surface area is 192 Å². The molecule has 5 nitrogen and oxygen atoms in total. The largest absolute Gasteiger partial charge is 0.330 e. The number of hydrogen-bond donors (Lipinski definition) is 1. The Kier molecular flexibility index (Phi) is 9.80. The van der Waals surface area contributed by atoms with E-state index in [1.165, 1.54) is 11.1 Å². The number of nitriles is 1. The molecule has 0 atom stereocenters. The summed E-state index contributed by atoms with van der Waals surface area (Å²) in [6.45, 7) is 10.5. The van der Waals surface area contributed by atoms with Crippen LogP contribution >= 0.6 is 11.6 Å². The van der Waals surface area contributed by atoms with Gasteiger partial charge in [-0.1, -0.05) is 35.9 Å². The fourth-order valence-electron chi connectivity index (χ4n) is 4.07. The molecule has 0 aromatic heterocycles. The number of rotatable bonds is 11. The third-order valence-electron chi connectivity index (χ3n) is 5.90. The van der Waals surface area contributed by atoms with Crippen molar-refractivity contribution >= 4 is 11.6 Å². The molecule has 2 aromatic carbocycles. The Hall–Kier alpha value is -1.94. The van der Waals surface area contributed by atoms with Crippen molar-refractivity contribution in [3.63, 3.8) is 0 Å². The molecule has 2 N–H and O–H groups in total. The number of halogens is 1. The Morgan fingerprint density at radius 3 is 1.87 bits per heavy atom. The van der Waals surface area contributed by atoms with Crippen molar-refractivity contribution in [3.05, 3.63) is 70.2 Å². The molecule has 0 amide bonds. The molecule has 1 fully saturated rings. The first-order valence-corrected chi connectivity index (χ1v) is 11.6. The van der Waals surface area contributed by atoms with Gasteiger partial charge in [0.05, 0.1) is 11.6 Å². The van der Waals surface area contributed by atoms with Crippen LogP contribution in [-0.2, 0) is 13.1 Å². The second kappa shape index (κ2) is 12.8. The van der Waals surface area contributed by atoms with E-state index in [9.17, 15) is 0 Å². The molecule has 166 valence electrons. The van der Waals surface area contributed by atoms with E-state index in [4.69, 9.17) is 22.6 Å². The predicted octanol–water partition coefficient (Wildman–Crippen LogP) is 3.57. The van der Waals surface area contributed by atoms with Gasteiger partial charge in [0, 0.05) is 50.8 Å². The molecule has 1 saturated heterocycles. The average molecular weight is 440 g/mol. The van der Waals surface area contributed by atoms with Crippen LogP contribution in [0.4, 0.5) is 0 Å². The zero-order valence-electron chi connectivity index (χ0n) is 18.3. The third-order valence-corrected chi connectivity index (χ3v) is 6.15. The van der Waals surface area contributed by atoms with E-state index in [1.807, 2.05) is 24.3 Å². The molecule has 0 saturated carbocycles. The minimum atomic E-state index is 0.707. The van der Waals surface area contributed by atoms with Gasteiger partial charge in [0.2, 0.25) is 0 Å². The van der Waals surface area contributed by atoms with Crippen LogP contribution in [0.5, 0.6) is 0 Å². The molecule has 1 aliphatic rings. The van der Waals surface area contributed by atoms with Gasteiger partial charge in [0.25, 0.3) is 0 Å². The van der Waals surface area contributed by atoms with Crippen molar-refractivity contribution in [2.75, 3.05) is 52.4 Å². The maximum atomic E-state index is 9.04. The summed E-state index contributed by atoms with van der Waals surface area (Å²) in [7, 11) is 0. The number of hydrogen-bond acceptors (Lipinski definition) is 5. The molecule has 0 aliphatic carbocycles. The second-order valence-electron chi connectivity index (χ2n) is 8.32. The summed E-state index contributed by atoms with van der Waals surface area (Å²) >= 11 is 6.06. The van der Waals surface area contributed by atoms with Crippen LogP contribution < -0.4 is 5.73 Å². The number of nitrogens with zero attached hydrogens (tertiary/aromatic N) is 4. The second-order valence-corrected chi connectivity index (χ2v) is 8.76. The van der Waals surface area contributed by atoms with Gasteiger partial charge in [0.15, 0.2) is 0 Å². The van der Waals surface area contributed by atoms with E-state index in [2.05, 4.69) is 45.0 Å². The minimum absolute atomic E-state index is 0.707. The average Bonchev–Trinajstić information content (AvgIpc) is 2.80. The Balaban J connectivity index is 1.51. The molecule has 2 aromatic rings. The predicted molar refractivity (Wildman–Crippen MR) is 128 cm³/mol. The summed E-state index contributed by atoms with van der Waals surface area (Å²) in [6.07, 6.45) is 2.24. The Morgan fingerprint density at radius 2 is 1.35 bits per heavy atom. The topological polar surface area (TPSA) is 59.5 Å². The molecule has 6 heteroatoms. The lowest BCUT2D eigenvalue weighted by atomic mass is 10.1. The zero-order chi connectivity index (χ0) is 21.9. The molecular weight excluding hydrogens is 406 g/mol. The molecule has 0 radical (unpaired) electrons. The molecule has 0 bridgehead atoms. The van der Waals surface area contributed by atoms with E-state index in [0.717, 1.165) is 83.3 Å². The molecule has 0 spiro atoms. The van der Waals surface area contributed by atoms with Crippen LogP contribution in [0.2, 0.25) is 5.02 Å². The van der Waals surface area contributed by atoms with Gasteiger partial charge >= 0.3 is 0 Å².